The molecule has 1 saturated carbocycles. The van der Waals surface area contributed by atoms with Crippen molar-refractivity contribution in [3.8, 4) is 0 Å². The number of ether oxygens (including phenoxy) is 1. The van der Waals surface area contributed by atoms with Gasteiger partial charge in [-0.3, -0.25) is 0 Å². The molecule has 1 unspecified atom stereocenters. The predicted molar refractivity (Wildman–Crippen MR) is 56.2 cm³/mol. The van der Waals surface area contributed by atoms with Crippen molar-refractivity contribution < 1.29 is 9.84 Å². The highest BCUT2D eigenvalue weighted by Crippen LogP contribution is 2.40. The minimum absolute atomic E-state index is 0.154. The van der Waals surface area contributed by atoms with E-state index in [-0.39, 0.29) is 12.2 Å². The van der Waals surface area contributed by atoms with Crippen LogP contribution < -0.4 is 0 Å². The fourth-order valence-electron chi connectivity index (χ4n) is 3.08. The van der Waals surface area contributed by atoms with Gasteiger partial charge in [0, 0.05) is 6.61 Å². The van der Waals surface area contributed by atoms with Crippen LogP contribution in [0.4, 0.5) is 0 Å². The molecule has 0 bridgehead atoms. The highest BCUT2D eigenvalue weighted by molar-refractivity contribution is 4.91. The summed E-state index contributed by atoms with van der Waals surface area (Å²) in [7, 11) is 0. The third-order valence-electron chi connectivity index (χ3n) is 4.00. The van der Waals surface area contributed by atoms with Gasteiger partial charge in [0.2, 0.25) is 0 Å². The largest absolute Gasteiger partial charge is 0.393 e. The van der Waals surface area contributed by atoms with E-state index in [1.807, 2.05) is 0 Å². The fourth-order valence-corrected chi connectivity index (χ4v) is 3.08. The molecule has 2 aliphatic rings. The first kappa shape index (κ1) is 10.4. The van der Waals surface area contributed by atoms with E-state index in [0.717, 1.165) is 13.0 Å². The maximum absolute atomic E-state index is 9.57. The van der Waals surface area contributed by atoms with Gasteiger partial charge in [-0.05, 0) is 38.0 Å². The smallest absolute Gasteiger partial charge is 0.0939 e. The van der Waals surface area contributed by atoms with Gasteiger partial charge in [0.1, 0.15) is 0 Å². The number of hydrogen-bond donors (Lipinski definition) is 1. The quantitative estimate of drug-likeness (QED) is 0.738. The van der Waals surface area contributed by atoms with Gasteiger partial charge >= 0.3 is 0 Å². The van der Waals surface area contributed by atoms with Gasteiger partial charge in [-0.15, -0.1) is 0 Å². The van der Waals surface area contributed by atoms with Gasteiger partial charge in [-0.25, -0.2) is 0 Å². The molecule has 2 heteroatoms. The number of aliphatic hydroxyl groups excluding tert-OH is 1. The lowest BCUT2D eigenvalue weighted by molar-refractivity contribution is -0.149. The van der Waals surface area contributed by atoms with Crippen LogP contribution in [0.5, 0.6) is 0 Å². The fraction of sp³-hybridized carbons (Fsp3) is 1.00. The van der Waals surface area contributed by atoms with E-state index >= 15 is 0 Å². The first-order valence-electron chi connectivity index (χ1n) is 6.12. The molecule has 0 spiro atoms. The molecule has 1 saturated heterocycles. The van der Waals surface area contributed by atoms with E-state index in [0.29, 0.717) is 5.92 Å². The minimum atomic E-state index is -0.154. The zero-order chi connectivity index (χ0) is 9.86. The van der Waals surface area contributed by atoms with Crippen LogP contribution in [0.3, 0.4) is 0 Å². The number of rotatable bonds is 2. The molecule has 1 N–H and O–H groups in total. The Morgan fingerprint density at radius 3 is 2.43 bits per heavy atom. The maximum atomic E-state index is 9.57. The lowest BCUT2D eigenvalue weighted by Gasteiger charge is -2.43. The highest BCUT2D eigenvalue weighted by atomic mass is 16.5. The van der Waals surface area contributed by atoms with Crippen LogP contribution in [0.2, 0.25) is 0 Å². The second-order valence-electron chi connectivity index (χ2n) is 4.86. The number of hydrogen-bond acceptors (Lipinski definition) is 2. The van der Waals surface area contributed by atoms with Crippen LogP contribution in [0.15, 0.2) is 0 Å². The van der Waals surface area contributed by atoms with E-state index in [9.17, 15) is 5.11 Å². The van der Waals surface area contributed by atoms with Crippen molar-refractivity contribution in [2.24, 2.45) is 5.92 Å². The van der Waals surface area contributed by atoms with Gasteiger partial charge in [0.15, 0.2) is 0 Å². The zero-order valence-electron chi connectivity index (χ0n) is 9.00. The van der Waals surface area contributed by atoms with Crippen LogP contribution in [-0.4, -0.2) is 23.9 Å². The Hall–Kier alpha value is -0.0800. The molecule has 1 heterocycles. The van der Waals surface area contributed by atoms with E-state index in [1.54, 1.807) is 0 Å². The molecular formula is C12H22O2. The summed E-state index contributed by atoms with van der Waals surface area (Å²) < 4.78 is 5.90. The van der Waals surface area contributed by atoms with Crippen molar-refractivity contribution in [1.82, 2.24) is 0 Å². The molecule has 0 aromatic rings. The highest BCUT2D eigenvalue weighted by Gasteiger charge is 2.40. The first-order chi connectivity index (χ1) is 6.87. The van der Waals surface area contributed by atoms with Gasteiger partial charge in [0.05, 0.1) is 12.2 Å². The van der Waals surface area contributed by atoms with Crippen molar-refractivity contribution in [2.45, 2.75) is 57.0 Å². The summed E-state index contributed by atoms with van der Waals surface area (Å²) in [5.74, 6) is 0.626. The zero-order valence-corrected chi connectivity index (χ0v) is 9.00. The summed E-state index contributed by atoms with van der Waals surface area (Å²) in [6.45, 7) is 1.09. The van der Waals surface area contributed by atoms with E-state index in [1.165, 1.54) is 44.9 Å². The van der Waals surface area contributed by atoms with Crippen molar-refractivity contribution in [1.29, 1.82) is 0 Å². The molecule has 1 atom stereocenters. The monoisotopic (exact) mass is 198 g/mol. The summed E-state index contributed by atoms with van der Waals surface area (Å²) >= 11 is 0. The molecular weight excluding hydrogens is 176 g/mol. The minimum Gasteiger partial charge on any atom is -0.393 e. The van der Waals surface area contributed by atoms with Crippen LogP contribution in [0.1, 0.15) is 51.4 Å². The Morgan fingerprint density at radius 2 is 1.86 bits per heavy atom. The van der Waals surface area contributed by atoms with Crippen molar-refractivity contribution in [2.75, 3.05) is 13.2 Å². The van der Waals surface area contributed by atoms with Crippen molar-refractivity contribution >= 4 is 0 Å². The topological polar surface area (TPSA) is 29.5 Å². The van der Waals surface area contributed by atoms with Crippen LogP contribution in [-0.2, 0) is 4.74 Å². The Labute approximate surface area is 86.6 Å². The summed E-state index contributed by atoms with van der Waals surface area (Å²) in [4.78, 5) is 0. The summed E-state index contributed by atoms with van der Waals surface area (Å²) in [5.41, 5.74) is -0.154. The van der Waals surface area contributed by atoms with E-state index < -0.39 is 0 Å². The van der Waals surface area contributed by atoms with Crippen molar-refractivity contribution in [3.63, 3.8) is 0 Å². The summed E-state index contributed by atoms with van der Waals surface area (Å²) in [6, 6.07) is 0. The van der Waals surface area contributed by atoms with Gasteiger partial charge in [-0.1, -0.05) is 19.3 Å². The van der Waals surface area contributed by atoms with Gasteiger partial charge in [0.25, 0.3) is 0 Å². The van der Waals surface area contributed by atoms with Crippen LogP contribution in [0, 0.1) is 5.92 Å². The second kappa shape index (κ2) is 4.63. The molecule has 2 nitrogen and oxygen atoms in total. The van der Waals surface area contributed by atoms with E-state index in [4.69, 9.17) is 4.74 Å². The lowest BCUT2D eigenvalue weighted by atomic mass is 9.74. The molecule has 1 aliphatic heterocycles. The molecule has 1 aliphatic carbocycles. The average molecular weight is 198 g/mol. The standard InChI is InChI=1S/C12H22O2/c13-10-12(8-4-5-9-14-12)11-6-2-1-3-7-11/h11,13H,1-10H2. The molecule has 0 aromatic heterocycles. The Kier molecular flexibility index (Phi) is 3.45. The third-order valence-corrected chi connectivity index (χ3v) is 4.00. The normalized spacial score (nSPS) is 35.8. The van der Waals surface area contributed by atoms with Crippen LogP contribution in [0.25, 0.3) is 0 Å². The average Bonchev–Trinajstić information content (AvgIpc) is 2.31. The molecule has 2 rings (SSSR count). The maximum Gasteiger partial charge on any atom is 0.0939 e. The molecule has 0 aromatic carbocycles. The van der Waals surface area contributed by atoms with Crippen molar-refractivity contribution in [3.05, 3.63) is 0 Å². The molecule has 82 valence electrons. The molecule has 2 fully saturated rings. The Bertz CT molecular complexity index is 167. The Balaban J connectivity index is 2.01. The van der Waals surface area contributed by atoms with Crippen LogP contribution >= 0.6 is 0 Å². The van der Waals surface area contributed by atoms with E-state index in [2.05, 4.69) is 0 Å². The lowest BCUT2D eigenvalue weighted by Crippen LogP contribution is -2.47. The summed E-state index contributed by atoms with van der Waals surface area (Å²) in [6.07, 6.45) is 10.0. The van der Waals surface area contributed by atoms with Gasteiger partial charge < -0.3 is 9.84 Å². The molecule has 0 radical (unpaired) electrons. The summed E-state index contributed by atoms with van der Waals surface area (Å²) in [5, 5.41) is 9.57. The second-order valence-corrected chi connectivity index (χ2v) is 4.86. The van der Waals surface area contributed by atoms with Gasteiger partial charge in [-0.2, -0.15) is 0 Å². The SMILES string of the molecule is OCC1(C2CCCCC2)CCCCO1. The Morgan fingerprint density at radius 1 is 1.07 bits per heavy atom. The first-order valence-corrected chi connectivity index (χ1v) is 6.12. The molecule has 0 amide bonds. The molecule has 14 heavy (non-hydrogen) atoms. The predicted octanol–water partition coefficient (Wildman–Crippen LogP) is 2.50. The number of aliphatic hydroxyl groups is 1. The third kappa shape index (κ3) is 1.96.